The average Bonchev–Trinajstić information content (AvgIpc) is 2.59. The Morgan fingerprint density at radius 1 is 0.962 bits per heavy atom. The van der Waals surface area contributed by atoms with Gasteiger partial charge in [-0.15, -0.1) is 0 Å². The summed E-state index contributed by atoms with van der Waals surface area (Å²) in [6.07, 6.45) is 2.68. The molecule has 1 aromatic heterocycles. The molecule has 0 aliphatic carbocycles. The highest BCUT2D eigenvalue weighted by molar-refractivity contribution is 7.98. The molecule has 2 aromatic rings. The summed E-state index contributed by atoms with van der Waals surface area (Å²) >= 11 is 1.51. The molecule has 6 heteroatoms. The van der Waals surface area contributed by atoms with Crippen molar-refractivity contribution in [2.24, 2.45) is 11.1 Å². The Morgan fingerprint density at radius 2 is 1.58 bits per heavy atom. The summed E-state index contributed by atoms with van der Waals surface area (Å²) in [6.45, 7) is 11.7. The van der Waals surface area contributed by atoms with E-state index in [0.717, 1.165) is 11.6 Å². The molecule has 2 N–H and O–H groups in total. The Kier molecular flexibility index (Phi) is 6.64. The van der Waals surface area contributed by atoms with Crippen LogP contribution in [0.4, 0.5) is 0 Å². The highest BCUT2D eigenvalue weighted by Crippen LogP contribution is 2.25. The average molecular weight is 375 g/mol. The molecule has 5 nitrogen and oxygen atoms in total. The largest absolute Gasteiger partial charge is 0.486 e. The minimum Gasteiger partial charge on any atom is -0.486 e. The van der Waals surface area contributed by atoms with Gasteiger partial charge in [0, 0.05) is 6.42 Å². The Balaban J connectivity index is 2.11. The third kappa shape index (κ3) is 5.95. The molecule has 0 aliphatic heterocycles. The van der Waals surface area contributed by atoms with E-state index in [1.165, 1.54) is 17.3 Å². The molecule has 0 aliphatic rings. The fourth-order valence-electron chi connectivity index (χ4n) is 2.38. The van der Waals surface area contributed by atoms with E-state index >= 15 is 0 Å². The molecule has 26 heavy (non-hydrogen) atoms. The van der Waals surface area contributed by atoms with Crippen LogP contribution in [0.15, 0.2) is 29.4 Å². The number of nitrogens with two attached hydrogens (primary N) is 1. The maximum absolute atomic E-state index is 5.88. The van der Waals surface area contributed by atoms with Crippen LogP contribution < -0.4 is 10.5 Å². The van der Waals surface area contributed by atoms with E-state index in [9.17, 15) is 0 Å². The molecule has 142 valence electrons. The van der Waals surface area contributed by atoms with Gasteiger partial charge in [-0.2, -0.15) is 0 Å². The second kappa shape index (κ2) is 8.35. The van der Waals surface area contributed by atoms with Crippen LogP contribution in [0, 0.1) is 5.41 Å². The number of ether oxygens (including phenoxy) is 1. The van der Waals surface area contributed by atoms with Crippen LogP contribution in [0.1, 0.15) is 51.8 Å². The van der Waals surface area contributed by atoms with Gasteiger partial charge >= 0.3 is 0 Å². The van der Waals surface area contributed by atoms with Crippen LogP contribution in [-0.2, 0) is 18.4 Å². The molecule has 1 aromatic carbocycles. The quantitative estimate of drug-likeness (QED) is 0.739. The molecule has 0 saturated carbocycles. The SMILES string of the molecule is CSc1nc(COc2ccc(C(C)(C)C)cc2)nc(CC(C)(C)CN)n1. The second-order valence-electron chi connectivity index (χ2n) is 8.26. The molecule has 0 atom stereocenters. The summed E-state index contributed by atoms with van der Waals surface area (Å²) in [5.74, 6) is 2.22. The van der Waals surface area contributed by atoms with Gasteiger partial charge in [-0.3, -0.25) is 0 Å². The van der Waals surface area contributed by atoms with E-state index in [-0.39, 0.29) is 10.8 Å². The Bertz CT molecular complexity index is 724. The smallest absolute Gasteiger partial charge is 0.190 e. The van der Waals surface area contributed by atoms with E-state index in [1.807, 2.05) is 18.4 Å². The monoisotopic (exact) mass is 374 g/mol. The van der Waals surface area contributed by atoms with Crippen molar-refractivity contribution in [1.29, 1.82) is 0 Å². The van der Waals surface area contributed by atoms with Crippen LogP contribution in [0.2, 0.25) is 0 Å². The maximum atomic E-state index is 5.88. The zero-order chi connectivity index (χ0) is 19.4. The molecular formula is C20H30N4OS. The lowest BCUT2D eigenvalue weighted by Crippen LogP contribution is -2.27. The zero-order valence-corrected chi connectivity index (χ0v) is 17.5. The topological polar surface area (TPSA) is 73.9 Å². The number of hydrogen-bond donors (Lipinski definition) is 1. The summed E-state index contributed by atoms with van der Waals surface area (Å²) in [6, 6.07) is 8.20. The van der Waals surface area contributed by atoms with Crippen LogP contribution >= 0.6 is 11.8 Å². The lowest BCUT2D eigenvalue weighted by molar-refractivity contribution is 0.291. The van der Waals surface area contributed by atoms with Crippen molar-refractivity contribution in [1.82, 2.24) is 15.0 Å². The number of hydrogen-bond acceptors (Lipinski definition) is 6. The van der Waals surface area contributed by atoms with Gasteiger partial charge in [0.05, 0.1) is 0 Å². The molecule has 0 unspecified atom stereocenters. The lowest BCUT2D eigenvalue weighted by atomic mass is 9.87. The molecule has 0 amide bonds. The van der Waals surface area contributed by atoms with Crippen LogP contribution in [0.5, 0.6) is 5.75 Å². The van der Waals surface area contributed by atoms with Crippen molar-refractivity contribution in [3.63, 3.8) is 0 Å². The second-order valence-corrected chi connectivity index (χ2v) is 9.04. The van der Waals surface area contributed by atoms with Gasteiger partial charge in [-0.25, -0.2) is 15.0 Å². The third-order valence-electron chi connectivity index (χ3n) is 4.17. The van der Waals surface area contributed by atoms with E-state index < -0.39 is 0 Å². The van der Waals surface area contributed by atoms with Crippen molar-refractivity contribution >= 4 is 11.8 Å². The van der Waals surface area contributed by atoms with Gasteiger partial charge in [-0.1, -0.05) is 58.5 Å². The summed E-state index contributed by atoms with van der Waals surface area (Å²) in [5.41, 5.74) is 7.20. The van der Waals surface area contributed by atoms with Crippen molar-refractivity contribution < 1.29 is 4.74 Å². The maximum Gasteiger partial charge on any atom is 0.190 e. The number of aromatic nitrogens is 3. The molecule has 1 heterocycles. The van der Waals surface area contributed by atoms with Gasteiger partial charge in [0.1, 0.15) is 18.2 Å². The molecular weight excluding hydrogens is 344 g/mol. The predicted octanol–water partition coefficient (Wildman–Crippen LogP) is 4.00. The van der Waals surface area contributed by atoms with Crippen molar-refractivity contribution in [2.75, 3.05) is 12.8 Å². The van der Waals surface area contributed by atoms with Crippen molar-refractivity contribution in [2.45, 2.75) is 58.2 Å². The number of rotatable bonds is 7. The zero-order valence-electron chi connectivity index (χ0n) is 16.7. The third-order valence-corrected chi connectivity index (χ3v) is 4.72. The predicted molar refractivity (Wildman–Crippen MR) is 108 cm³/mol. The van der Waals surface area contributed by atoms with Crippen LogP contribution in [-0.4, -0.2) is 27.8 Å². The van der Waals surface area contributed by atoms with E-state index in [2.05, 4.69) is 61.7 Å². The van der Waals surface area contributed by atoms with E-state index in [4.69, 9.17) is 10.5 Å². The number of benzene rings is 1. The molecule has 0 bridgehead atoms. The highest BCUT2D eigenvalue weighted by atomic mass is 32.2. The van der Waals surface area contributed by atoms with Gasteiger partial charge in [0.15, 0.2) is 11.0 Å². The van der Waals surface area contributed by atoms with Gasteiger partial charge in [0.25, 0.3) is 0 Å². The van der Waals surface area contributed by atoms with Gasteiger partial charge < -0.3 is 10.5 Å². The molecule has 0 spiro atoms. The number of nitrogens with zero attached hydrogens (tertiary/aromatic N) is 3. The summed E-state index contributed by atoms with van der Waals surface area (Å²) in [5, 5.41) is 0.713. The first kappa shape index (κ1) is 20.6. The summed E-state index contributed by atoms with van der Waals surface area (Å²) < 4.78 is 5.88. The molecule has 0 radical (unpaired) electrons. The standard InChI is InChI=1S/C20H30N4OS/c1-19(2,3)14-7-9-15(10-8-14)25-12-17-22-16(11-20(4,5)13-21)23-18(24-17)26-6/h7-10H,11-13,21H2,1-6H3. The fraction of sp³-hybridized carbons (Fsp3) is 0.550. The summed E-state index contributed by atoms with van der Waals surface area (Å²) in [4.78, 5) is 13.5. The molecule has 2 rings (SSSR count). The highest BCUT2D eigenvalue weighted by Gasteiger charge is 2.19. The van der Waals surface area contributed by atoms with Crippen molar-refractivity contribution in [3.8, 4) is 5.75 Å². The number of thioether (sulfide) groups is 1. The first-order valence-corrected chi connectivity index (χ1v) is 10.1. The van der Waals surface area contributed by atoms with E-state index in [0.29, 0.717) is 30.6 Å². The molecule has 0 saturated heterocycles. The van der Waals surface area contributed by atoms with Crippen molar-refractivity contribution in [3.05, 3.63) is 41.5 Å². The normalized spacial score (nSPS) is 12.3. The Hall–Kier alpha value is -1.66. The Morgan fingerprint density at radius 3 is 2.12 bits per heavy atom. The fourth-order valence-corrected chi connectivity index (χ4v) is 2.77. The minimum atomic E-state index is -0.0437. The lowest BCUT2D eigenvalue weighted by Gasteiger charge is -2.21. The van der Waals surface area contributed by atoms with E-state index in [1.54, 1.807) is 0 Å². The summed E-state index contributed by atoms with van der Waals surface area (Å²) in [7, 11) is 0. The van der Waals surface area contributed by atoms with Crippen LogP contribution in [0.3, 0.4) is 0 Å². The van der Waals surface area contributed by atoms with Crippen LogP contribution in [0.25, 0.3) is 0 Å². The van der Waals surface area contributed by atoms with Gasteiger partial charge in [0.2, 0.25) is 0 Å². The Labute approximate surface area is 161 Å². The minimum absolute atomic E-state index is 0.0437. The van der Waals surface area contributed by atoms with Gasteiger partial charge in [-0.05, 0) is 41.3 Å². The molecule has 0 fully saturated rings. The first-order valence-electron chi connectivity index (χ1n) is 8.84. The first-order chi connectivity index (χ1) is 12.1.